The monoisotopic (exact) mass is 288 g/mol. The number of carbonyl (C=O) groups excluding carboxylic acids is 2. The minimum atomic E-state index is -0.0506. The number of amides is 2. The number of nitrogens with zero attached hydrogens (tertiary/aromatic N) is 1. The van der Waals surface area contributed by atoms with Crippen LogP contribution in [-0.4, -0.2) is 29.8 Å². The van der Waals surface area contributed by atoms with Crippen molar-refractivity contribution in [3.63, 3.8) is 0 Å². The molecule has 1 N–H and O–H groups in total. The van der Waals surface area contributed by atoms with Gasteiger partial charge in [0.25, 0.3) is 0 Å². The molecule has 1 fully saturated rings. The van der Waals surface area contributed by atoms with Gasteiger partial charge in [0.2, 0.25) is 11.8 Å². The van der Waals surface area contributed by atoms with Crippen molar-refractivity contribution in [3.8, 4) is 0 Å². The largest absolute Gasteiger partial charge is 0.309 e. The SMILES string of the molecule is CCNC(CN1C(=O)CCC1=O)c1c(C)cc(C)cc1C. The zero-order chi connectivity index (χ0) is 15.6. The molecule has 1 aromatic rings. The lowest BCUT2D eigenvalue weighted by atomic mass is 9.93. The van der Waals surface area contributed by atoms with Crippen LogP contribution in [-0.2, 0) is 9.59 Å². The molecule has 0 spiro atoms. The highest BCUT2D eigenvalue weighted by molar-refractivity contribution is 6.01. The molecule has 1 unspecified atom stereocenters. The summed E-state index contributed by atoms with van der Waals surface area (Å²) in [6.07, 6.45) is 0.701. The molecule has 1 aliphatic heterocycles. The fraction of sp³-hybridized carbons (Fsp3) is 0.529. The zero-order valence-electron chi connectivity index (χ0n) is 13.3. The first-order valence-electron chi connectivity index (χ1n) is 7.58. The van der Waals surface area contributed by atoms with Crippen LogP contribution in [0.1, 0.15) is 48.1 Å². The van der Waals surface area contributed by atoms with Gasteiger partial charge in [-0.2, -0.15) is 0 Å². The first-order valence-corrected chi connectivity index (χ1v) is 7.58. The van der Waals surface area contributed by atoms with Crippen LogP contribution < -0.4 is 5.32 Å². The van der Waals surface area contributed by atoms with E-state index in [1.165, 1.54) is 27.2 Å². The van der Waals surface area contributed by atoms with Crippen molar-refractivity contribution in [2.24, 2.45) is 0 Å². The van der Waals surface area contributed by atoms with Gasteiger partial charge in [-0.3, -0.25) is 14.5 Å². The second-order valence-corrected chi connectivity index (χ2v) is 5.82. The van der Waals surface area contributed by atoms with Gasteiger partial charge in [-0.25, -0.2) is 0 Å². The summed E-state index contributed by atoms with van der Waals surface area (Å²) in [5.41, 5.74) is 4.85. The number of benzene rings is 1. The third-order valence-corrected chi connectivity index (χ3v) is 4.06. The number of likely N-dealkylation sites (N-methyl/N-ethyl adjacent to an activating group) is 1. The molecule has 1 heterocycles. The maximum absolute atomic E-state index is 11.9. The minimum Gasteiger partial charge on any atom is -0.309 e. The molecule has 21 heavy (non-hydrogen) atoms. The summed E-state index contributed by atoms with van der Waals surface area (Å²) in [5.74, 6) is -0.101. The molecule has 0 saturated carbocycles. The van der Waals surface area contributed by atoms with E-state index >= 15 is 0 Å². The average molecular weight is 288 g/mol. The molecule has 114 valence electrons. The van der Waals surface area contributed by atoms with Crippen LogP contribution >= 0.6 is 0 Å². The summed E-state index contributed by atoms with van der Waals surface area (Å²) in [6, 6.07) is 4.31. The van der Waals surface area contributed by atoms with Crippen molar-refractivity contribution in [1.29, 1.82) is 0 Å². The molecule has 1 aliphatic rings. The molecule has 1 atom stereocenters. The zero-order valence-corrected chi connectivity index (χ0v) is 13.3. The lowest BCUT2D eigenvalue weighted by Crippen LogP contribution is -2.38. The summed E-state index contributed by atoms with van der Waals surface area (Å²) >= 11 is 0. The third-order valence-electron chi connectivity index (χ3n) is 4.06. The summed E-state index contributed by atoms with van der Waals surface area (Å²) in [7, 11) is 0. The second-order valence-electron chi connectivity index (χ2n) is 5.82. The van der Waals surface area contributed by atoms with Crippen LogP contribution in [0.15, 0.2) is 12.1 Å². The molecule has 1 aromatic carbocycles. The average Bonchev–Trinajstić information content (AvgIpc) is 2.69. The van der Waals surface area contributed by atoms with E-state index in [9.17, 15) is 9.59 Å². The van der Waals surface area contributed by atoms with Gasteiger partial charge < -0.3 is 5.32 Å². The van der Waals surface area contributed by atoms with Gasteiger partial charge >= 0.3 is 0 Å². The summed E-state index contributed by atoms with van der Waals surface area (Å²) in [5, 5.41) is 3.42. The molecule has 4 nitrogen and oxygen atoms in total. The first kappa shape index (κ1) is 15.7. The molecule has 2 rings (SSSR count). The Morgan fingerprint density at radius 2 is 1.62 bits per heavy atom. The van der Waals surface area contributed by atoms with Crippen LogP contribution in [0.2, 0.25) is 0 Å². The van der Waals surface area contributed by atoms with Gasteiger partial charge in [-0.05, 0) is 44.0 Å². The van der Waals surface area contributed by atoms with Gasteiger partial charge in [0.1, 0.15) is 0 Å². The Bertz CT molecular complexity index is 527. The number of carbonyl (C=O) groups is 2. The molecule has 0 aliphatic carbocycles. The number of aryl methyl sites for hydroxylation is 3. The fourth-order valence-electron chi connectivity index (χ4n) is 3.25. The molecule has 4 heteroatoms. The first-order chi connectivity index (χ1) is 9.93. The van der Waals surface area contributed by atoms with E-state index in [1.54, 1.807) is 0 Å². The van der Waals surface area contributed by atoms with E-state index in [0.29, 0.717) is 19.4 Å². The van der Waals surface area contributed by atoms with Crippen LogP contribution in [0.4, 0.5) is 0 Å². The van der Waals surface area contributed by atoms with Crippen LogP contribution in [0.3, 0.4) is 0 Å². The summed E-state index contributed by atoms with van der Waals surface area (Å²) < 4.78 is 0. The Balaban J connectivity index is 2.31. The molecule has 0 radical (unpaired) electrons. The highest BCUT2D eigenvalue weighted by Gasteiger charge is 2.31. The van der Waals surface area contributed by atoms with Gasteiger partial charge in [-0.1, -0.05) is 24.6 Å². The van der Waals surface area contributed by atoms with Crippen LogP contribution in [0.25, 0.3) is 0 Å². The van der Waals surface area contributed by atoms with Gasteiger partial charge in [0, 0.05) is 19.4 Å². The van der Waals surface area contributed by atoms with Crippen LogP contribution in [0.5, 0.6) is 0 Å². The Morgan fingerprint density at radius 1 is 1.10 bits per heavy atom. The number of likely N-dealkylation sites (tertiary alicyclic amines) is 1. The predicted molar refractivity (Wildman–Crippen MR) is 83.0 cm³/mol. The van der Waals surface area contributed by atoms with Crippen molar-refractivity contribution in [2.45, 2.75) is 46.6 Å². The third kappa shape index (κ3) is 3.32. The standard InChI is InChI=1S/C17H24N2O2/c1-5-18-14(10-19-15(20)6-7-16(19)21)17-12(3)8-11(2)9-13(17)4/h8-9,14,18H,5-7,10H2,1-4H3. The Kier molecular flexibility index (Phi) is 4.78. The van der Waals surface area contributed by atoms with E-state index in [1.807, 2.05) is 6.92 Å². The normalized spacial score (nSPS) is 16.7. The molecule has 0 aromatic heterocycles. The number of hydrogen-bond acceptors (Lipinski definition) is 3. The lowest BCUT2D eigenvalue weighted by molar-refractivity contribution is -0.138. The Morgan fingerprint density at radius 3 is 2.10 bits per heavy atom. The van der Waals surface area contributed by atoms with Gasteiger partial charge in [0.15, 0.2) is 0 Å². The second kappa shape index (κ2) is 6.39. The summed E-state index contributed by atoms with van der Waals surface area (Å²) in [6.45, 7) is 9.53. The maximum Gasteiger partial charge on any atom is 0.229 e. The molecule has 1 saturated heterocycles. The Labute approximate surface area is 126 Å². The van der Waals surface area contributed by atoms with E-state index in [0.717, 1.165) is 6.54 Å². The van der Waals surface area contributed by atoms with Crippen molar-refractivity contribution >= 4 is 11.8 Å². The number of hydrogen-bond donors (Lipinski definition) is 1. The van der Waals surface area contributed by atoms with Gasteiger partial charge in [-0.15, -0.1) is 0 Å². The topological polar surface area (TPSA) is 49.4 Å². The van der Waals surface area contributed by atoms with E-state index < -0.39 is 0 Å². The maximum atomic E-state index is 11.9. The van der Waals surface area contributed by atoms with Gasteiger partial charge in [0.05, 0.1) is 6.04 Å². The summed E-state index contributed by atoms with van der Waals surface area (Å²) in [4.78, 5) is 25.1. The van der Waals surface area contributed by atoms with Crippen molar-refractivity contribution < 1.29 is 9.59 Å². The number of nitrogens with one attached hydrogen (secondary N) is 1. The Hall–Kier alpha value is -1.68. The minimum absolute atomic E-state index is 0.00148. The molecular weight excluding hydrogens is 264 g/mol. The highest BCUT2D eigenvalue weighted by atomic mass is 16.2. The molecular formula is C17H24N2O2. The van der Waals surface area contributed by atoms with Crippen molar-refractivity contribution in [3.05, 3.63) is 34.4 Å². The van der Waals surface area contributed by atoms with Crippen molar-refractivity contribution in [1.82, 2.24) is 10.2 Å². The highest BCUT2D eigenvalue weighted by Crippen LogP contribution is 2.26. The number of imide groups is 1. The predicted octanol–water partition coefficient (Wildman–Crippen LogP) is 2.41. The lowest BCUT2D eigenvalue weighted by Gasteiger charge is -2.26. The number of rotatable bonds is 5. The van der Waals surface area contributed by atoms with Crippen molar-refractivity contribution in [2.75, 3.05) is 13.1 Å². The molecule has 2 amide bonds. The quantitative estimate of drug-likeness (QED) is 0.847. The fourth-order valence-corrected chi connectivity index (χ4v) is 3.25. The van der Waals surface area contributed by atoms with E-state index in [-0.39, 0.29) is 17.9 Å². The van der Waals surface area contributed by atoms with Crippen LogP contribution in [0, 0.1) is 20.8 Å². The smallest absolute Gasteiger partial charge is 0.229 e. The molecule has 0 bridgehead atoms. The van der Waals surface area contributed by atoms with E-state index in [2.05, 4.69) is 38.2 Å². The van der Waals surface area contributed by atoms with E-state index in [4.69, 9.17) is 0 Å².